The lowest BCUT2D eigenvalue weighted by molar-refractivity contribution is 0.669. The van der Waals surface area contributed by atoms with Crippen molar-refractivity contribution in [3.05, 3.63) is 89.8 Å². The Morgan fingerprint density at radius 2 is 1.58 bits per heavy atom. The quantitative estimate of drug-likeness (QED) is 0.295. The molecule has 1 aliphatic heterocycles. The highest BCUT2D eigenvalue weighted by Gasteiger charge is 2.17. The van der Waals surface area contributed by atoms with Crippen molar-refractivity contribution in [3.8, 4) is 0 Å². The number of aliphatic imine (C=N–C) groups is 3. The van der Waals surface area contributed by atoms with Gasteiger partial charge in [-0.05, 0) is 49.6 Å². The Bertz CT molecular complexity index is 1390. The number of hydrogen-bond donors (Lipinski definition) is 0. The molecule has 164 valence electrons. The minimum Gasteiger partial charge on any atom is -0.255 e. The van der Waals surface area contributed by atoms with Gasteiger partial charge in [0.15, 0.2) is 0 Å². The molecule has 0 fully saturated rings. The van der Waals surface area contributed by atoms with Crippen LogP contribution in [0.3, 0.4) is 0 Å². The third kappa shape index (κ3) is 4.11. The Kier molecular flexibility index (Phi) is 5.63. The van der Waals surface area contributed by atoms with Crippen molar-refractivity contribution in [2.24, 2.45) is 20.9 Å². The van der Waals surface area contributed by atoms with Crippen LogP contribution in [0.15, 0.2) is 105 Å². The molecule has 0 aromatic heterocycles. The summed E-state index contributed by atoms with van der Waals surface area (Å²) in [6, 6.07) is 19.2. The van der Waals surface area contributed by atoms with E-state index in [-0.39, 0.29) is 0 Å². The molecular formula is C30H29N3. The smallest absolute Gasteiger partial charge is 0.0809 e. The lowest BCUT2D eigenvalue weighted by Crippen LogP contribution is -2.08. The van der Waals surface area contributed by atoms with Crippen LogP contribution in [0.1, 0.15) is 40.5 Å². The fourth-order valence-corrected chi connectivity index (χ4v) is 4.70. The molecule has 0 saturated heterocycles. The van der Waals surface area contributed by atoms with Gasteiger partial charge in [0.25, 0.3) is 0 Å². The first-order valence-electron chi connectivity index (χ1n) is 11.7. The van der Waals surface area contributed by atoms with Crippen LogP contribution in [-0.2, 0) is 0 Å². The summed E-state index contributed by atoms with van der Waals surface area (Å²) in [4.78, 5) is 15.0. The lowest BCUT2D eigenvalue weighted by atomic mass is 9.94. The zero-order valence-electron chi connectivity index (χ0n) is 19.8. The van der Waals surface area contributed by atoms with Gasteiger partial charge in [-0.2, -0.15) is 0 Å². The van der Waals surface area contributed by atoms with Crippen LogP contribution < -0.4 is 0 Å². The molecule has 3 aromatic carbocycles. The van der Waals surface area contributed by atoms with Gasteiger partial charge in [-0.15, -0.1) is 0 Å². The van der Waals surface area contributed by atoms with Gasteiger partial charge in [0, 0.05) is 28.8 Å². The molecule has 3 aromatic rings. The summed E-state index contributed by atoms with van der Waals surface area (Å²) in [6.07, 6.45) is 8.41. The van der Waals surface area contributed by atoms with E-state index in [0.29, 0.717) is 5.92 Å². The first-order valence-corrected chi connectivity index (χ1v) is 11.7. The van der Waals surface area contributed by atoms with E-state index in [1.165, 1.54) is 32.8 Å². The number of allylic oxidation sites excluding steroid dienone is 6. The van der Waals surface area contributed by atoms with Crippen LogP contribution in [0.25, 0.3) is 21.5 Å². The van der Waals surface area contributed by atoms with Crippen molar-refractivity contribution in [2.75, 3.05) is 0 Å². The highest BCUT2D eigenvalue weighted by Crippen LogP contribution is 2.35. The van der Waals surface area contributed by atoms with E-state index in [1.807, 2.05) is 0 Å². The maximum absolute atomic E-state index is 5.13. The molecule has 33 heavy (non-hydrogen) atoms. The third-order valence-corrected chi connectivity index (χ3v) is 6.57. The molecule has 3 heteroatoms. The van der Waals surface area contributed by atoms with Crippen LogP contribution in [0.4, 0.5) is 5.69 Å². The predicted octanol–water partition coefficient (Wildman–Crippen LogP) is 8.14. The minimum absolute atomic E-state index is 0.443. The summed E-state index contributed by atoms with van der Waals surface area (Å²) in [5, 5.41) is 4.75. The fourth-order valence-electron chi connectivity index (χ4n) is 4.70. The number of nitrogens with zero attached hydrogens (tertiary/aromatic N) is 3. The number of fused-ring (bicyclic) bond motifs is 2. The minimum atomic E-state index is 0.443. The molecule has 0 bridgehead atoms. The number of rotatable bonds is 4. The molecule has 0 radical (unpaired) electrons. The molecule has 1 heterocycles. The van der Waals surface area contributed by atoms with Crippen LogP contribution >= 0.6 is 0 Å². The Labute approximate surface area is 195 Å². The molecule has 1 aliphatic carbocycles. The molecule has 0 N–H and O–H groups in total. The zero-order chi connectivity index (χ0) is 22.9. The maximum atomic E-state index is 5.13. The van der Waals surface area contributed by atoms with Crippen molar-refractivity contribution in [2.45, 2.75) is 40.5 Å². The second-order valence-electron chi connectivity index (χ2n) is 9.02. The molecule has 0 amide bonds. The summed E-state index contributed by atoms with van der Waals surface area (Å²) in [5.74, 6) is 0.443. The van der Waals surface area contributed by atoms with E-state index in [4.69, 9.17) is 15.0 Å². The molecule has 2 aliphatic rings. The largest absolute Gasteiger partial charge is 0.255 e. The standard InChI is InChI=1S/C30H29N3/c1-19-10-9-11-20(2)29(19)31-21(3)27-16-17-28(33-27)22(4)32-30-25-14-7-5-12-23(25)18-24-13-6-8-15-26(24)30/h5-10,12-16,18,20H,11,17H2,1-4H3. The zero-order valence-corrected chi connectivity index (χ0v) is 19.8. The third-order valence-electron chi connectivity index (χ3n) is 6.57. The van der Waals surface area contributed by atoms with E-state index >= 15 is 0 Å². The second kappa shape index (κ2) is 8.74. The average Bonchev–Trinajstić information content (AvgIpc) is 3.32. The highest BCUT2D eigenvalue weighted by atomic mass is 14.9. The Morgan fingerprint density at radius 1 is 0.909 bits per heavy atom. The van der Waals surface area contributed by atoms with Gasteiger partial charge in [-0.3, -0.25) is 9.98 Å². The van der Waals surface area contributed by atoms with Gasteiger partial charge in [0.2, 0.25) is 0 Å². The first kappa shape index (κ1) is 21.3. The van der Waals surface area contributed by atoms with Gasteiger partial charge in [-0.1, -0.05) is 73.7 Å². The summed E-state index contributed by atoms with van der Waals surface area (Å²) in [6.45, 7) is 8.51. The predicted molar refractivity (Wildman–Crippen MR) is 143 cm³/mol. The summed E-state index contributed by atoms with van der Waals surface area (Å²) in [7, 11) is 0. The van der Waals surface area contributed by atoms with Gasteiger partial charge in [0.05, 0.1) is 28.5 Å². The SMILES string of the molecule is CC(=NC1=C(C)C=CCC1C)C1=CCC(C(C)=Nc2c3ccccc3cc3ccccc23)=N1. The Morgan fingerprint density at radius 3 is 2.24 bits per heavy atom. The van der Waals surface area contributed by atoms with E-state index in [0.717, 1.165) is 41.4 Å². The number of benzene rings is 3. The molecule has 3 nitrogen and oxygen atoms in total. The van der Waals surface area contributed by atoms with Crippen molar-refractivity contribution >= 4 is 44.4 Å². The molecule has 1 unspecified atom stereocenters. The van der Waals surface area contributed by atoms with E-state index < -0.39 is 0 Å². The topological polar surface area (TPSA) is 37.1 Å². The summed E-state index contributed by atoms with van der Waals surface area (Å²) >= 11 is 0. The van der Waals surface area contributed by atoms with Crippen molar-refractivity contribution in [3.63, 3.8) is 0 Å². The van der Waals surface area contributed by atoms with E-state index in [1.54, 1.807) is 0 Å². The molecule has 0 spiro atoms. The Hall–Kier alpha value is -3.59. The van der Waals surface area contributed by atoms with E-state index in [2.05, 4.69) is 101 Å². The molecule has 1 atom stereocenters. The molecule has 0 saturated carbocycles. The van der Waals surface area contributed by atoms with Crippen molar-refractivity contribution in [1.29, 1.82) is 0 Å². The van der Waals surface area contributed by atoms with E-state index in [9.17, 15) is 0 Å². The van der Waals surface area contributed by atoms with Gasteiger partial charge < -0.3 is 0 Å². The Balaban J connectivity index is 1.51. The van der Waals surface area contributed by atoms with Crippen molar-refractivity contribution < 1.29 is 0 Å². The van der Waals surface area contributed by atoms with Crippen LogP contribution in [0.5, 0.6) is 0 Å². The van der Waals surface area contributed by atoms with Gasteiger partial charge in [-0.25, -0.2) is 4.99 Å². The monoisotopic (exact) mass is 431 g/mol. The first-order chi connectivity index (χ1) is 16.0. The second-order valence-corrected chi connectivity index (χ2v) is 9.02. The molecular weight excluding hydrogens is 402 g/mol. The summed E-state index contributed by atoms with van der Waals surface area (Å²) < 4.78 is 0. The van der Waals surface area contributed by atoms with Crippen LogP contribution in [-0.4, -0.2) is 17.1 Å². The average molecular weight is 432 g/mol. The van der Waals surface area contributed by atoms with Crippen LogP contribution in [0, 0.1) is 5.92 Å². The maximum Gasteiger partial charge on any atom is 0.0809 e. The van der Waals surface area contributed by atoms with Gasteiger partial charge in [0.1, 0.15) is 0 Å². The number of hydrogen-bond acceptors (Lipinski definition) is 3. The fraction of sp³-hybridized carbons (Fsp3) is 0.233. The molecule has 5 rings (SSSR count). The lowest BCUT2D eigenvalue weighted by Gasteiger charge is -2.17. The van der Waals surface area contributed by atoms with Crippen molar-refractivity contribution in [1.82, 2.24) is 0 Å². The van der Waals surface area contributed by atoms with Gasteiger partial charge >= 0.3 is 0 Å². The normalized spacial score (nSPS) is 19.5. The van der Waals surface area contributed by atoms with Crippen LogP contribution in [0.2, 0.25) is 0 Å². The highest BCUT2D eigenvalue weighted by molar-refractivity contribution is 6.44. The summed E-state index contributed by atoms with van der Waals surface area (Å²) in [5.41, 5.74) is 7.35.